The zero-order valence-corrected chi connectivity index (χ0v) is 14.0. The monoisotopic (exact) mass is 341 g/mol. The number of esters is 1. The fourth-order valence-corrected chi connectivity index (χ4v) is 3.17. The van der Waals surface area contributed by atoms with Crippen LogP contribution in [0.1, 0.15) is 46.3 Å². The van der Waals surface area contributed by atoms with Gasteiger partial charge < -0.3 is 9.64 Å². The summed E-state index contributed by atoms with van der Waals surface area (Å²) in [6.07, 6.45) is 4.87. The summed E-state index contributed by atoms with van der Waals surface area (Å²) in [5.74, 6) is 0.332. The van der Waals surface area contributed by atoms with Crippen LogP contribution >= 0.6 is 0 Å². The van der Waals surface area contributed by atoms with E-state index < -0.39 is 5.97 Å². The van der Waals surface area contributed by atoms with E-state index in [0.29, 0.717) is 17.7 Å². The minimum Gasteiger partial charge on any atom is -0.461 e. The summed E-state index contributed by atoms with van der Waals surface area (Å²) in [7, 11) is 0. The summed E-state index contributed by atoms with van der Waals surface area (Å²) in [5, 5.41) is 7.71. The molecule has 1 saturated heterocycles. The third-order valence-electron chi connectivity index (χ3n) is 4.80. The largest absolute Gasteiger partial charge is 0.461 e. The molecule has 2 aromatic rings. The van der Waals surface area contributed by atoms with Crippen LogP contribution < -0.4 is 4.90 Å². The van der Waals surface area contributed by atoms with Crippen LogP contribution in [-0.2, 0) is 11.3 Å². The van der Waals surface area contributed by atoms with Gasteiger partial charge in [0.2, 0.25) is 0 Å². The van der Waals surface area contributed by atoms with Gasteiger partial charge >= 0.3 is 5.97 Å². The number of rotatable bonds is 6. The molecule has 0 atom stereocenters. The van der Waals surface area contributed by atoms with Gasteiger partial charge in [0.25, 0.3) is 0 Å². The third kappa shape index (κ3) is 2.99. The number of aldehydes is 1. The predicted molar refractivity (Wildman–Crippen MR) is 88.6 cm³/mol. The van der Waals surface area contributed by atoms with E-state index >= 15 is 0 Å². The zero-order chi connectivity index (χ0) is 17.4. The van der Waals surface area contributed by atoms with Crippen LogP contribution in [0.25, 0.3) is 0 Å². The van der Waals surface area contributed by atoms with E-state index in [1.165, 1.54) is 23.7 Å². The maximum Gasteiger partial charge on any atom is 0.360 e. The normalized spacial score (nSPS) is 17.2. The van der Waals surface area contributed by atoms with Crippen LogP contribution in [0.3, 0.4) is 0 Å². The van der Waals surface area contributed by atoms with Crippen molar-refractivity contribution in [2.75, 3.05) is 24.6 Å². The van der Waals surface area contributed by atoms with Gasteiger partial charge in [0.15, 0.2) is 12.0 Å². The Kier molecular flexibility index (Phi) is 3.74. The van der Waals surface area contributed by atoms with Crippen LogP contribution in [0, 0.1) is 5.41 Å². The molecule has 2 fully saturated rings. The number of carbonyl (C=O) groups is 2. The third-order valence-corrected chi connectivity index (χ3v) is 4.80. The molecule has 0 aromatic carbocycles. The molecule has 0 radical (unpaired) electrons. The summed E-state index contributed by atoms with van der Waals surface area (Å²) in [6.45, 7) is 4.39. The highest BCUT2D eigenvalue weighted by Crippen LogP contribution is 2.53. The standard InChI is InChI=1S/C17H19N5O3/c1-2-25-16(24)13-8-22(20-19-13)7-12-3-4-15(18-14(12)9-23)21-10-17(11-21)5-6-17/h3-4,8-9H,2,5-7,10-11H2,1H3. The van der Waals surface area contributed by atoms with E-state index in [4.69, 9.17) is 4.74 Å². The lowest BCUT2D eigenvalue weighted by Crippen LogP contribution is -2.48. The summed E-state index contributed by atoms with van der Waals surface area (Å²) in [6, 6.07) is 3.82. The van der Waals surface area contributed by atoms with E-state index in [0.717, 1.165) is 30.8 Å². The fraction of sp³-hybridized carbons (Fsp3) is 0.471. The smallest absolute Gasteiger partial charge is 0.360 e. The van der Waals surface area contributed by atoms with Crippen molar-refractivity contribution in [1.29, 1.82) is 0 Å². The lowest BCUT2D eigenvalue weighted by Gasteiger charge is -2.41. The van der Waals surface area contributed by atoms with E-state index in [9.17, 15) is 9.59 Å². The van der Waals surface area contributed by atoms with Gasteiger partial charge in [-0.25, -0.2) is 14.5 Å². The van der Waals surface area contributed by atoms with Gasteiger partial charge in [0, 0.05) is 24.1 Å². The number of nitrogens with zero attached hydrogens (tertiary/aromatic N) is 5. The lowest BCUT2D eigenvalue weighted by atomic mass is 9.97. The van der Waals surface area contributed by atoms with Crippen LogP contribution in [0.2, 0.25) is 0 Å². The summed E-state index contributed by atoms with van der Waals surface area (Å²) in [5.41, 5.74) is 1.81. The van der Waals surface area contributed by atoms with Gasteiger partial charge in [-0.1, -0.05) is 11.3 Å². The second kappa shape index (κ2) is 5.94. The highest BCUT2D eigenvalue weighted by molar-refractivity contribution is 5.86. The van der Waals surface area contributed by atoms with Crippen LogP contribution in [0.4, 0.5) is 5.82 Å². The van der Waals surface area contributed by atoms with Crippen LogP contribution in [-0.4, -0.2) is 51.9 Å². The molecular formula is C17H19N5O3. The molecular weight excluding hydrogens is 322 g/mol. The minimum atomic E-state index is -0.510. The first-order chi connectivity index (χ1) is 12.1. The van der Waals surface area contributed by atoms with Crippen molar-refractivity contribution >= 4 is 18.1 Å². The SMILES string of the molecule is CCOC(=O)c1cn(Cc2ccc(N3CC4(CC4)C3)nc2C=O)nn1. The Morgan fingerprint density at radius 3 is 2.84 bits per heavy atom. The Hall–Kier alpha value is -2.77. The average molecular weight is 341 g/mol. The molecule has 4 rings (SSSR count). The van der Waals surface area contributed by atoms with E-state index in [-0.39, 0.29) is 12.3 Å². The molecule has 3 heterocycles. The van der Waals surface area contributed by atoms with Crippen LogP contribution in [0.15, 0.2) is 18.3 Å². The Labute approximate surface area is 144 Å². The molecule has 0 N–H and O–H groups in total. The second-order valence-electron chi connectivity index (χ2n) is 6.71. The molecule has 8 heteroatoms. The number of hydrogen-bond donors (Lipinski definition) is 0. The van der Waals surface area contributed by atoms with Crippen LogP contribution in [0.5, 0.6) is 0 Å². The van der Waals surface area contributed by atoms with Crippen molar-refractivity contribution < 1.29 is 14.3 Å². The van der Waals surface area contributed by atoms with E-state index in [2.05, 4.69) is 20.2 Å². The van der Waals surface area contributed by atoms with E-state index in [1.807, 2.05) is 12.1 Å². The van der Waals surface area contributed by atoms with Gasteiger partial charge in [-0.3, -0.25) is 4.79 Å². The number of anilines is 1. The van der Waals surface area contributed by atoms with Crippen molar-refractivity contribution in [3.63, 3.8) is 0 Å². The molecule has 130 valence electrons. The van der Waals surface area contributed by atoms with Gasteiger partial charge in [-0.15, -0.1) is 5.10 Å². The minimum absolute atomic E-state index is 0.148. The zero-order valence-electron chi connectivity index (χ0n) is 14.0. The van der Waals surface area contributed by atoms with Crippen molar-refractivity contribution in [1.82, 2.24) is 20.0 Å². The quantitative estimate of drug-likeness (QED) is 0.578. The number of pyridine rings is 1. The van der Waals surface area contributed by atoms with Gasteiger partial charge in [0.05, 0.1) is 19.3 Å². The molecule has 0 bridgehead atoms. The highest BCUT2D eigenvalue weighted by atomic mass is 16.5. The fourth-order valence-electron chi connectivity index (χ4n) is 3.17. The summed E-state index contributed by atoms with van der Waals surface area (Å²) in [4.78, 5) is 29.8. The molecule has 2 aromatic heterocycles. The van der Waals surface area contributed by atoms with Gasteiger partial charge in [-0.2, -0.15) is 0 Å². The first-order valence-corrected chi connectivity index (χ1v) is 8.40. The summed E-state index contributed by atoms with van der Waals surface area (Å²) >= 11 is 0. The maximum absolute atomic E-state index is 11.6. The molecule has 25 heavy (non-hydrogen) atoms. The Morgan fingerprint density at radius 1 is 1.36 bits per heavy atom. The molecule has 1 aliphatic heterocycles. The molecule has 8 nitrogen and oxygen atoms in total. The number of aromatic nitrogens is 4. The number of carbonyl (C=O) groups excluding carboxylic acids is 2. The van der Waals surface area contributed by atoms with E-state index in [1.54, 1.807) is 6.92 Å². The number of ether oxygens (including phenoxy) is 1. The average Bonchev–Trinajstić information content (AvgIpc) is 3.26. The second-order valence-corrected chi connectivity index (χ2v) is 6.71. The lowest BCUT2D eigenvalue weighted by molar-refractivity contribution is 0.0519. The highest BCUT2D eigenvalue weighted by Gasteiger charge is 2.52. The van der Waals surface area contributed by atoms with Crippen molar-refractivity contribution in [3.8, 4) is 0 Å². The van der Waals surface area contributed by atoms with Crippen molar-refractivity contribution in [3.05, 3.63) is 35.3 Å². The summed E-state index contributed by atoms with van der Waals surface area (Å²) < 4.78 is 6.39. The Morgan fingerprint density at radius 2 is 2.16 bits per heavy atom. The molecule has 1 saturated carbocycles. The predicted octanol–water partition coefficient (Wildman–Crippen LogP) is 1.31. The molecule has 2 aliphatic rings. The molecule has 0 unspecified atom stereocenters. The first kappa shape index (κ1) is 15.7. The topological polar surface area (TPSA) is 90.2 Å². The van der Waals surface area contributed by atoms with Gasteiger partial charge in [-0.05, 0) is 25.8 Å². The Balaban J connectivity index is 1.48. The van der Waals surface area contributed by atoms with Crippen molar-refractivity contribution in [2.45, 2.75) is 26.3 Å². The molecule has 0 amide bonds. The molecule has 1 aliphatic carbocycles. The first-order valence-electron chi connectivity index (χ1n) is 8.40. The Bertz CT molecular complexity index is 819. The maximum atomic E-state index is 11.6. The van der Waals surface area contributed by atoms with Crippen molar-refractivity contribution in [2.24, 2.45) is 5.41 Å². The molecule has 1 spiro atoms. The van der Waals surface area contributed by atoms with Gasteiger partial charge in [0.1, 0.15) is 11.5 Å². The number of hydrogen-bond acceptors (Lipinski definition) is 7.